The second kappa shape index (κ2) is 13.8. The molecule has 2 unspecified atom stereocenters. The van der Waals surface area contributed by atoms with Crippen LogP contribution in [0.4, 0.5) is 11.8 Å². The van der Waals surface area contributed by atoms with Crippen molar-refractivity contribution in [1.82, 2.24) is 24.6 Å². The number of benzene rings is 2. The van der Waals surface area contributed by atoms with E-state index in [1.165, 1.54) is 5.56 Å². The van der Waals surface area contributed by atoms with Gasteiger partial charge in [-0.05, 0) is 56.7 Å². The van der Waals surface area contributed by atoms with E-state index >= 15 is 0 Å². The quantitative estimate of drug-likeness (QED) is 0.0663. The summed E-state index contributed by atoms with van der Waals surface area (Å²) in [5, 5.41) is 6.16. The molecule has 4 N–H and O–H groups in total. The number of ether oxygens (including phenoxy) is 1. The smallest absolute Gasteiger partial charge is 0.459 e. The summed E-state index contributed by atoms with van der Waals surface area (Å²) in [4.78, 5) is 26.2. The van der Waals surface area contributed by atoms with Crippen LogP contribution in [-0.2, 0) is 25.0 Å². The van der Waals surface area contributed by atoms with Crippen LogP contribution in [0.1, 0.15) is 44.2 Å². The maximum absolute atomic E-state index is 14.0. The lowest BCUT2D eigenvalue weighted by atomic mass is 10.1. The average Bonchev–Trinajstić information content (AvgIpc) is 3.55. The van der Waals surface area contributed by atoms with E-state index in [0.717, 1.165) is 19.3 Å². The lowest BCUT2D eigenvalue weighted by Gasteiger charge is -2.24. The van der Waals surface area contributed by atoms with Crippen molar-refractivity contribution in [3.8, 4) is 5.75 Å². The zero-order chi connectivity index (χ0) is 31.2. The summed E-state index contributed by atoms with van der Waals surface area (Å²) in [5.74, 6) is 0.575. The lowest BCUT2D eigenvalue weighted by molar-refractivity contribution is -0.145. The summed E-state index contributed by atoms with van der Waals surface area (Å²) in [5.41, 5.74) is 8.53. The van der Waals surface area contributed by atoms with E-state index < -0.39 is 19.8 Å². The zero-order valence-corrected chi connectivity index (χ0v) is 26.0. The molecule has 0 aliphatic heterocycles. The Labute approximate surface area is 262 Å². The number of hydrogen-bond donors (Lipinski definition) is 3. The molecule has 236 valence electrons. The number of nitrogen functional groups attached to an aromatic ring is 1. The highest BCUT2D eigenvalue weighted by Crippen LogP contribution is 2.46. The van der Waals surface area contributed by atoms with E-state index in [-0.39, 0.29) is 31.1 Å². The number of nitrogens with zero attached hydrogens (tertiary/aromatic N) is 4. The number of hydrogen-bond acceptors (Lipinski definition) is 10. The molecular formula is C32H38N7O5P. The molecule has 0 spiro atoms. The minimum absolute atomic E-state index is 0.0566. The third-order valence-corrected chi connectivity index (χ3v) is 9.34. The first-order valence-electron chi connectivity index (χ1n) is 15.3. The van der Waals surface area contributed by atoms with Crippen molar-refractivity contribution in [2.45, 2.75) is 57.2 Å². The van der Waals surface area contributed by atoms with E-state index in [0.29, 0.717) is 41.6 Å². The molecule has 12 nitrogen and oxygen atoms in total. The number of carbonyl (C=O) groups excluding carboxylic acids is 1. The van der Waals surface area contributed by atoms with Gasteiger partial charge in [-0.3, -0.25) is 9.32 Å². The Morgan fingerprint density at radius 1 is 1.09 bits per heavy atom. The molecule has 4 aromatic rings. The Kier molecular flexibility index (Phi) is 9.44. The second-order valence-corrected chi connectivity index (χ2v) is 13.1. The molecule has 0 amide bonds. The van der Waals surface area contributed by atoms with E-state index in [1.54, 1.807) is 37.5 Å². The molecule has 6 rings (SSSR count). The Balaban J connectivity index is 1.06. The summed E-state index contributed by atoms with van der Waals surface area (Å²) in [6.45, 7) is 1.93. The number of aromatic nitrogens is 4. The SMILES string of the molecule is C[C@H](NP(=O)(OC[C@@H]1C=CC(n2cnc3c(NC4CC4)nc(N)nc32)C1)Oc1ccccc1)C(=O)OCCCc1ccccc1. The first-order valence-corrected chi connectivity index (χ1v) is 16.8. The van der Waals surface area contributed by atoms with Gasteiger partial charge in [0.2, 0.25) is 5.95 Å². The highest BCUT2D eigenvalue weighted by Gasteiger charge is 2.34. The Bertz CT molecular complexity index is 1680. The molecule has 13 heteroatoms. The van der Waals surface area contributed by atoms with Crippen LogP contribution in [-0.4, -0.2) is 50.8 Å². The molecule has 2 aliphatic rings. The number of imidazole rings is 1. The molecule has 1 fully saturated rings. The van der Waals surface area contributed by atoms with E-state index in [1.807, 2.05) is 53.1 Å². The summed E-state index contributed by atoms with van der Waals surface area (Å²) in [6.07, 6.45) is 10.1. The summed E-state index contributed by atoms with van der Waals surface area (Å²) < 4.78 is 33.2. The zero-order valence-electron chi connectivity index (χ0n) is 25.1. The molecular weight excluding hydrogens is 593 g/mol. The number of allylic oxidation sites excluding steroid dienone is 1. The number of fused-ring (bicyclic) bond motifs is 1. The first-order chi connectivity index (χ1) is 21.8. The predicted molar refractivity (Wildman–Crippen MR) is 172 cm³/mol. The van der Waals surface area contributed by atoms with Crippen molar-refractivity contribution in [2.75, 3.05) is 24.3 Å². The molecule has 0 bridgehead atoms. The third-order valence-electron chi connectivity index (χ3n) is 7.69. The third kappa shape index (κ3) is 8.08. The van der Waals surface area contributed by atoms with Gasteiger partial charge in [-0.25, -0.2) is 9.55 Å². The van der Waals surface area contributed by atoms with Gasteiger partial charge in [-0.1, -0.05) is 60.7 Å². The van der Waals surface area contributed by atoms with Crippen molar-refractivity contribution in [3.05, 3.63) is 84.7 Å². The van der Waals surface area contributed by atoms with Gasteiger partial charge in [0, 0.05) is 12.0 Å². The van der Waals surface area contributed by atoms with Crippen LogP contribution in [0.25, 0.3) is 11.2 Å². The van der Waals surface area contributed by atoms with Gasteiger partial charge in [0.1, 0.15) is 11.8 Å². The van der Waals surface area contributed by atoms with Crippen LogP contribution in [0, 0.1) is 5.92 Å². The number of esters is 1. The number of para-hydroxylation sites is 1. The maximum atomic E-state index is 14.0. The van der Waals surface area contributed by atoms with Gasteiger partial charge in [0.05, 0.1) is 25.6 Å². The molecule has 2 aromatic heterocycles. The first kappa shape index (κ1) is 30.8. The van der Waals surface area contributed by atoms with Gasteiger partial charge in [-0.15, -0.1) is 0 Å². The molecule has 0 radical (unpaired) electrons. The molecule has 2 aromatic carbocycles. The van der Waals surface area contributed by atoms with Crippen LogP contribution in [0.5, 0.6) is 5.75 Å². The summed E-state index contributed by atoms with van der Waals surface area (Å²) in [7, 11) is -3.98. The topological polar surface area (TPSA) is 156 Å². The molecule has 4 atom stereocenters. The monoisotopic (exact) mass is 631 g/mol. The molecule has 2 aliphatic carbocycles. The van der Waals surface area contributed by atoms with Gasteiger partial charge in [0.25, 0.3) is 0 Å². The summed E-state index contributed by atoms with van der Waals surface area (Å²) in [6, 6.07) is 18.1. The van der Waals surface area contributed by atoms with E-state index in [4.69, 9.17) is 19.5 Å². The molecule has 0 saturated heterocycles. The standard InChI is InChI=1S/C32H38N7O5P/c1-22(31(40)42-18-8-11-23-9-4-2-5-10-23)38-45(41,44-27-12-6-3-7-13-27)43-20-24-14-17-26(19-24)39-21-34-28-29(35-25-15-16-25)36-32(33)37-30(28)39/h2-7,9-10,12-14,17,21-22,24-26H,8,11,15-16,18-20H2,1H3,(H,38,41)(H3,33,35,36,37)/t22-,24+,26?,45?/m0/s1. The number of nitrogens with one attached hydrogen (secondary N) is 2. The number of carbonyl (C=O) groups is 1. The van der Waals surface area contributed by atoms with E-state index in [2.05, 4.69) is 25.4 Å². The van der Waals surface area contributed by atoms with Crippen molar-refractivity contribution in [3.63, 3.8) is 0 Å². The fraction of sp³-hybridized carbons (Fsp3) is 0.375. The van der Waals surface area contributed by atoms with Crippen LogP contribution in [0.3, 0.4) is 0 Å². The van der Waals surface area contributed by atoms with Crippen molar-refractivity contribution >= 4 is 36.6 Å². The fourth-order valence-electron chi connectivity index (χ4n) is 5.19. The lowest BCUT2D eigenvalue weighted by Crippen LogP contribution is -2.35. The number of rotatable bonds is 15. The highest BCUT2D eigenvalue weighted by atomic mass is 31.2. The van der Waals surface area contributed by atoms with Crippen molar-refractivity contribution in [2.24, 2.45) is 5.92 Å². The van der Waals surface area contributed by atoms with Gasteiger partial charge >= 0.3 is 13.7 Å². The van der Waals surface area contributed by atoms with Crippen LogP contribution in [0.15, 0.2) is 79.1 Å². The number of aryl methyl sites for hydroxylation is 1. The van der Waals surface area contributed by atoms with Crippen molar-refractivity contribution in [1.29, 1.82) is 0 Å². The van der Waals surface area contributed by atoms with Crippen molar-refractivity contribution < 1.29 is 23.1 Å². The minimum Gasteiger partial charge on any atom is -0.465 e. The van der Waals surface area contributed by atoms with Crippen LogP contribution in [0.2, 0.25) is 0 Å². The highest BCUT2D eigenvalue weighted by molar-refractivity contribution is 7.52. The van der Waals surface area contributed by atoms with Gasteiger partial charge in [0.15, 0.2) is 17.0 Å². The van der Waals surface area contributed by atoms with Gasteiger partial charge < -0.3 is 24.9 Å². The second-order valence-electron chi connectivity index (χ2n) is 11.4. The Morgan fingerprint density at radius 3 is 2.60 bits per heavy atom. The Morgan fingerprint density at radius 2 is 1.84 bits per heavy atom. The summed E-state index contributed by atoms with van der Waals surface area (Å²) >= 11 is 0. The average molecular weight is 632 g/mol. The number of nitrogens with two attached hydrogens (primary N) is 1. The minimum atomic E-state index is -3.98. The van der Waals surface area contributed by atoms with Crippen LogP contribution >= 0.6 is 7.75 Å². The predicted octanol–water partition coefficient (Wildman–Crippen LogP) is 5.46. The van der Waals surface area contributed by atoms with Gasteiger partial charge in [-0.2, -0.15) is 15.1 Å². The maximum Gasteiger partial charge on any atom is 0.459 e. The Hall–Kier alpha value is -4.25. The number of anilines is 2. The largest absolute Gasteiger partial charge is 0.465 e. The fourth-order valence-corrected chi connectivity index (χ4v) is 6.74. The molecule has 1 saturated carbocycles. The molecule has 2 heterocycles. The van der Waals surface area contributed by atoms with Crippen LogP contribution < -0.4 is 20.7 Å². The molecule has 45 heavy (non-hydrogen) atoms. The normalized spacial score (nSPS) is 19.7. The van der Waals surface area contributed by atoms with E-state index in [9.17, 15) is 9.36 Å².